The second-order valence-corrected chi connectivity index (χ2v) is 8.66. The number of para-hydroxylation sites is 2. The first-order chi connectivity index (χ1) is 16.7. The standard InChI is InChI=1S/C26H21N7S/c1-18-8-6-7-11-23(18)32-25(20-12-14-28-15-13-20)29-30-26(32)34-17-24-22(16-27)19(2)31-33(24)21-9-4-3-5-10-21/h3-15H,17H2,1-2H3. The highest BCUT2D eigenvalue weighted by Gasteiger charge is 2.21. The fourth-order valence-electron chi connectivity index (χ4n) is 3.85. The summed E-state index contributed by atoms with van der Waals surface area (Å²) in [4.78, 5) is 4.13. The molecule has 0 aliphatic carbocycles. The molecule has 5 aromatic rings. The van der Waals surface area contributed by atoms with E-state index in [1.165, 1.54) is 11.8 Å². The van der Waals surface area contributed by atoms with Gasteiger partial charge in [0.15, 0.2) is 11.0 Å². The number of rotatable bonds is 6. The number of thioether (sulfide) groups is 1. The van der Waals surface area contributed by atoms with Crippen LogP contribution in [-0.4, -0.2) is 29.5 Å². The first-order valence-corrected chi connectivity index (χ1v) is 11.7. The van der Waals surface area contributed by atoms with Gasteiger partial charge in [-0.05, 0) is 49.7 Å². The first-order valence-electron chi connectivity index (χ1n) is 10.8. The Morgan fingerprint density at radius 2 is 1.65 bits per heavy atom. The Labute approximate surface area is 201 Å². The number of hydrogen-bond acceptors (Lipinski definition) is 6. The molecule has 0 amide bonds. The molecule has 0 N–H and O–H groups in total. The second kappa shape index (κ2) is 9.33. The molecule has 3 heterocycles. The smallest absolute Gasteiger partial charge is 0.196 e. The van der Waals surface area contributed by atoms with Gasteiger partial charge in [-0.15, -0.1) is 10.2 Å². The normalized spacial score (nSPS) is 10.9. The predicted octanol–water partition coefficient (Wildman–Crippen LogP) is 5.30. The lowest BCUT2D eigenvalue weighted by molar-refractivity contribution is 0.825. The molecule has 5 rings (SSSR count). The van der Waals surface area contributed by atoms with Gasteiger partial charge in [-0.1, -0.05) is 48.2 Å². The van der Waals surface area contributed by atoms with E-state index in [-0.39, 0.29) is 0 Å². The third-order valence-electron chi connectivity index (χ3n) is 5.53. The molecule has 0 saturated carbocycles. The molecule has 166 valence electrons. The third kappa shape index (κ3) is 3.98. The molecule has 0 unspecified atom stereocenters. The van der Waals surface area contributed by atoms with Crippen molar-refractivity contribution in [3.8, 4) is 28.8 Å². The molecular formula is C26H21N7S. The molecule has 0 spiro atoms. The Hall–Kier alpha value is -4.22. The quantitative estimate of drug-likeness (QED) is 0.318. The van der Waals surface area contributed by atoms with Crippen molar-refractivity contribution in [1.82, 2.24) is 29.5 Å². The lowest BCUT2D eigenvalue weighted by Crippen LogP contribution is -2.04. The lowest BCUT2D eigenvalue weighted by Gasteiger charge is -2.13. The fraction of sp³-hybridized carbons (Fsp3) is 0.115. The van der Waals surface area contributed by atoms with Crippen LogP contribution in [-0.2, 0) is 5.75 Å². The van der Waals surface area contributed by atoms with Crippen molar-refractivity contribution in [1.29, 1.82) is 5.26 Å². The Bertz CT molecular complexity index is 1480. The molecule has 0 aliphatic heterocycles. The summed E-state index contributed by atoms with van der Waals surface area (Å²) in [6.07, 6.45) is 3.50. The highest BCUT2D eigenvalue weighted by Crippen LogP contribution is 2.32. The zero-order valence-electron chi connectivity index (χ0n) is 18.8. The van der Waals surface area contributed by atoms with Crippen molar-refractivity contribution < 1.29 is 0 Å². The minimum Gasteiger partial charge on any atom is -0.270 e. The molecule has 7 nitrogen and oxygen atoms in total. The number of benzene rings is 2. The minimum atomic E-state index is 0.513. The van der Waals surface area contributed by atoms with Gasteiger partial charge in [-0.2, -0.15) is 10.4 Å². The third-order valence-corrected chi connectivity index (χ3v) is 6.48. The largest absolute Gasteiger partial charge is 0.270 e. The Morgan fingerprint density at radius 1 is 0.912 bits per heavy atom. The van der Waals surface area contributed by atoms with Crippen LogP contribution in [0.1, 0.15) is 22.5 Å². The van der Waals surface area contributed by atoms with Crippen LogP contribution in [0.15, 0.2) is 84.3 Å². The zero-order chi connectivity index (χ0) is 23.5. The van der Waals surface area contributed by atoms with E-state index >= 15 is 0 Å². The van der Waals surface area contributed by atoms with Crippen molar-refractivity contribution in [3.63, 3.8) is 0 Å². The van der Waals surface area contributed by atoms with Crippen LogP contribution in [0.4, 0.5) is 0 Å². The molecule has 0 fully saturated rings. The average molecular weight is 464 g/mol. The van der Waals surface area contributed by atoms with E-state index < -0.39 is 0 Å². The summed E-state index contributed by atoms with van der Waals surface area (Å²) in [6, 6.07) is 24.2. The number of nitrogens with zero attached hydrogens (tertiary/aromatic N) is 7. The van der Waals surface area contributed by atoms with Crippen LogP contribution in [0.25, 0.3) is 22.8 Å². The van der Waals surface area contributed by atoms with E-state index in [0.717, 1.165) is 39.2 Å². The van der Waals surface area contributed by atoms with E-state index in [2.05, 4.69) is 50.0 Å². The number of pyridine rings is 1. The van der Waals surface area contributed by atoms with Crippen molar-refractivity contribution >= 4 is 11.8 Å². The summed E-state index contributed by atoms with van der Waals surface area (Å²) in [5, 5.41) is 24.3. The van der Waals surface area contributed by atoms with Crippen molar-refractivity contribution in [2.45, 2.75) is 24.8 Å². The molecular weight excluding hydrogens is 442 g/mol. The number of aryl methyl sites for hydroxylation is 2. The van der Waals surface area contributed by atoms with Crippen LogP contribution in [0.5, 0.6) is 0 Å². The van der Waals surface area contributed by atoms with Crippen LogP contribution < -0.4 is 0 Å². The van der Waals surface area contributed by atoms with Crippen molar-refractivity contribution in [3.05, 3.63) is 102 Å². The Kier molecular flexibility index (Phi) is 5.93. The summed E-state index contributed by atoms with van der Waals surface area (Å²) >= 11 is 1.53. The molecule has 0 aliphatic rings. The first kappa shape index (κ1) is 21.6. The van der Waals surface area contributed by atoms with Gasteiger partial charge in [0.25, 0.3) is 0 Å². The number of hydrogen-bond donors (Lipinski definition) is 0. The monoisotopic (exact) mass is 463 g/mol. The summed E-state index contributed by atoms with van der Waals surface area (Å²) in [7, 11) is 0. The molecule has 0 radical (unpaired) electrons. The molecule has 0 bridgehead atoms. The van der Waals surface area contributed by atoms with Gasteiger partial charge in [0.1, 0.15) is 6.07 Å². The zero-order valence-corrected chi connectivity index (χ0v) is 19.6. The van der Waals surface area contributed by atoms with E-state index in [4.69, 9.17) is 0 Å². The molecule has 8 heteroatoms. The lowest BCUT2D eigenvalue weighted by atomic mass is 10.2. The van der Waals surface area contributed by atoms with Gasteiger partial charge in [-0.25, -0.2) is 4.68 Å². The molecule has 3 aromatic heterocycles. The highest BCUT2D eigenvalue weighted by molar-refractivity contribution is 7.98. The molecule has 34 heavy (non-hydrogen) atoms. The molecule has 0 saturated heterocycles. The van der Waals surface area contributed by atoms with Gasteiger partial charge < -0.3 is 0 Å². The number of nitriles is 1. The minimum absolute atomic E-state index is 0.513. The summed E-state index contributed by atoms with van der Waals surface area (Å²) < 4.78 is 3.91. The molecule has 2 aromatic carbocycles. The van der Waals surface area contributed by atoms with Gasteiger partial charge in [-0.3, -0.25) is 9.55 Å². The SMILES string of the molecule is Cc1ccccc1-n1c(SCc2c(C#N)c(C)nn2-c2ccccc2)nnc1-c1ccncc1. The van der Waals surface area contributed by atoms with Crippen LogP contribution >= 0.6 is 11.8 Å². The Morgan fingerprint density at radius 3 is 2.38 bits per heavy atom. The van der Waals surface area contributed by atoms with Gasteiger partial charge in [0.2, 0.25) is 0 Å². The summed E-state index contributed by atoms with van der Waals surface area (Å²) in [5.74, 6) is 1.26. The fourth-order valence-corrected chi connectivity index (χ4v) is 4.80. The molecule has 0 atom stereocenters. The van der Waals surface area contributed by atoms with Crippen molar-refractivity contribution in [2.75, 3.05) is 0 Å². The van der Waals surface area contributed by atoms with E-state index in [0.29, 0.717) is 17.0 Å². The highest BCUT2D eigenvalue weighted by atomic mass is 32.2. The topological polar surface area (TPSA) is 85.2 Å². The predicted molar refractivity (Wildman–Crippen MR) is 132 cm³/mol. The maximum absolute atomic E-state index is 9.83. The van der Waals surface area contributed by atoms with Gasteiger partial charge in [0, 0.05) is 23.7 Å². The van der Waals surface area contributed by atoms with Gasteiger partial charge >= 0.3 is 0 Å². The van der Waals surface area contributed by atoms with Crippen LogP contribution in [0, 0.1) is 25.2 Å². The Balaban J connectivity index is 1.58. The van der Waals surface area contributed by atoms with Crippen molar-refractivity contribution in [2.24, 2.45) is 0 Å². The summed E-state index contributed by atoms with van der Waals surface area (Å²) in [6.45, 7) is 3.94. The van der Waals surface area contributed by atoms with Crippen LogP contribution in [0.2, 0.25) is 0 Å². The average Bonchev–Trinajstić information content (AvgIpc) is 3.44. The maximum Gasteiger partial charge on any atom is 0.196 e. The van der Waals surface area contributed by atoms with E-state index in [9.17, 15) is 5.26 Å². The van der Waals surface area contributed by atoms with Crippen LogP contribution in [0.3, 0.4) is 0 Å². The maximum atomic E-state index is 9.83. The van der Waals surface area contributed by atoms with Gasteiger partial charge in [0.05, 0.1) is 28.3 Å². The second-order valence-electron chi connectivity index (χ2n) is 7.72. The summed E-state index contributed by atoms with van der Waals surface area (Å²) in [5.41, 5.74) is 6.10. The van der Waals surface area contributed by atoms with E-state index in [1.807, 2.05) is 66.2 Å². The van der Waals surface area contributed by atoms with E-state index in [1.54, 1.807) is 12.4 Å². The number of aromatic nitrogens is 6.